The summed E-state index contributed by atoms with van der Waals surface area (Å²) in [7, 11) is 1.52. The molecule has 120 valence electrons. The Labute approximate surface area is 139 Å². The molecule has 2 rings (SSSR count). The fourth-order valence-electron chi connectivity index (χ4n) is 2.13. The van der Waals surface area contributed by atoms with Crippen molar-refractivity contribution in [1.82, 2.24) is 0 Å². The molecule has 0 atom stereocenters. The van der Waals surface area contributed by atoms with Crippen LogP contribution < -0.4 is 15.4 Å². The molecule has 2 N–H and O–H groups in total. The van der Waals surface area contributed by atoms with Crippen LogP contribution in [0, 0.1) is 6.92 Å². The number of hydrogen-bond donors (Lipinski definition) is 2. The minimum Gasteiger partial charge on any atom is -0.495 e. The second kappa shape index (κ2) is 7.15. The van der Waals surface area contributed by atoms with Gasteiger partial charge in [-0.2, -0.15) is 0 Å². The normalized spacial score (nSPS) is 10.1. The predicted molar refractivity (Wildman–Crippen MR) is 91.4 cm³/mol. The van der Waals surface area contributed by atoms with Crippen LogP contribution in [0.2, 0.25) is 5.02 Å². The van der Waals surface area contributed by atoms with Gasteiger partial charge in [-0.25, -0.2) is 0 Å². The molecule has 0 bridgehead atoms. The third-order valence-corrected chi connectivity index (χ3v) is 3.48. The minimum absolute atomic E-state index is 0.175. The van der Waals surface area contributed by atoms with E-state index in [-0.39, 0.29) is 11.8 Å². The highest BCUT2D eigenvalue weighted by molar-refractivity contribution is 6.32. The van der Waals surface area contributed by atoms with E-state index < -0.39 is 0 Å². The number of ether oxygens (including phenoxy) is 1. The summed E-state index contributed by atoms with van der Waals surface area (Å²) in [5.74, 6) is 0.0617. The molecule has 0 aliphatic heterocycles. The molecule has 0 saturated carbocycles. The lowest BCUT2D eigenvalue weighted by Gasteiger charge is -2.11. The Balaban J connectivity index is 2.22. The van der Waals surface area contributed by atoms with E-state index in [9.17, 15) is 9.59 Å². The number of carbonyl (C=O) groups excluding carboxylic acids is 2. The molecule has 0 aromatic heterocycles. The van der Waals surface area contributed by atoms with Gasteiger partial charge in [0, 0.05) is 23.9 Å². The molecule has 0 unspecified atom stereocenters. The number of methoxy groups -OCH3 is 1. The molecular formula is C17H17ClN2O3. The Morgan fingerprint density at radius 2 is 1.74 bits per heavy atom. The van der Waals surface area contributed by atoms with Gasteiger partial charge < -0.3 is 15.4 Å². The van der Waals surface area contributed by atoms with E-state index >= 15 is 0 Å². The fourth-order valence-corrected chi connectivity index (χ4v) is 2.37. The Hall–Kier alpha value is -2.53. The van der Waals surface area contributed by atoms with E-state index in [1.54, 1.807) is 36.4 Å². The van der Waals surface area contributed by atoms with Crippen molar-refractivity contribution in [3.05, 3.63) is 52.5 Å². The molecule has 2 aromatic carbocycles. The monoisotopic (exact) mass is 332 g/mol. The van der Waals surface area contributed by atoms with E-state index in [0.29, 0.717) is 27.7 Å². The van der Waals surface area contributed by atoms with Crippen LogP contribution in [0.5, 0.6) is 5.75 Å². The molecule has 6 heteroatoms. The number of hydrogen-bond acceptors (Lipinski definition) is 3. The molecule has 23 heavy (non-hydrogen) atoms. The average Bonchev–Trinajstić information content (AvgIpc) is 2.48. The molecule has 2 amide bonds. The number of benzene rings is 2. The Morgan fingerprint density at radius 3 is 2.35 bits per heavy atom. The topological polar surface area (TPSA) is 67.4 Å². The highest BCUT2D eigenvalue weighted by Crippen LogP contribution is 2.28. The molecule has 0 saturated heterocycles. The maximum Gasteiger partial charge on any atom is 0.255 e. The smallest absolute Gasteiger partial charge is 0.255 e. The van der Waals surface area contributed by atoms with Crippen LogP contribution in [-0.4, -0.2) is 18.9 Å². The standard InChI is InChI=1S/C17H17ClN2O3/c1-10-7-16(23-3)15(18)9-14(10)17(22)20-13-6-4-5-12(8-13)19-11(2)21/h4-9H,1-3H3,(H,19,21)(H,20,22). The predicted octanol–water partition coefficient (Wildman–Crippen LogP) is 3.87. The summed E-state index contributed by atoms with van der Waals surface area (Å²) in [5, 5.41) is 5.82. The Morgan fingerprint density at radius 1 is 1.09 bits per heavy atom. The average molecular weight is 333 g/mol. The SMILES string of the molecule is COc1cc(C)c(C(=O)Nc2cccc(NC(C)=O)c2)cc1Cl. The van der Waals surface area contributed by atoms with E-state index in [1.807, 2.05) is 6.92 Å². The molecule has 5 nitrogen and oxygen atoms in total. The van der Waals surface area contributed by atoms with Gasteiger partial charge >= 0.3 is 0 Å². The van der Waals surface area contributed by atoms with Gasteiger partial charge in [-0.3, -0.25) is 9.59 Å². The number of rotatable bonds is 4. The fraction of sp³-hybridized carbons (Fsp3) is 0.176. The van der Waals surface area contributed by atoms with Crippen LogP contribution in [0.3, 0.4) is 0 Å². The van der Waals surface area contributed by atoms with Crippen molar-refractivity contribution >= 4 is 34.8 Å². The highest BCUT2D eigenvalue weighted by atomic mass is 35.5. The van der Waals surface area contributed by atoms with E-state index in [4.69, 9.17) is 16.3 Å². The maximum absolute atomic E-state index is 12.4. The van der Waals surface area contributed by atoms with Crippen LogP contribution in [0.4, 0.5) is 11.4 Å². The first-order valence-electron chi connectivity index (χ1n) is 6.94. The van der Waals surface area contributed by atoms with Crippen molar-refractivity contribution in [2.45, 2.75) is 13.8 Å². The van der Waals surface area contributed by atoms with Gasteiger partial charge in [-0.1, -0.05) is 17.7 Å². The molecule has 0 heterocycles. The van der Waals surface area contributed by atoms with Crippen LogP contribution in [-0.2, 0) is 4.79 Å². The van der Waals surface area contributed by atoms with Crippen molar-refractivity contribution in [3.8, 4) is 5.75 Å². The second-order valence-corrected chi connectivity index (χ2v) is 5.42. The number of aryl methyl sites for hydroxylation is 1. The van der Waals surface area contributed by atoms with Crippen molar-refractivity contribution in [3.63, 3.8) is 0 Å². The van der Waals surface area contributed by atoms with Crippen molar-refractivity contribution < 1.29 is 14.3 Å². The zero-order valence-electron chi connectivity index (χ0n) is 13.1. The van der Waals surface area contributed by atoms with E-state index in [1.165, 1.54) is 14.0 Å². The minimum atomic E-state index is -0.285. The summed E-state index contributed by atoms with van der Waals surface area (Å²) in [5.41, 5.74) is 2.40. The third-order valence-electron chi connectivity index (χ3n) is 3.18. The van der Waals surface area contributed by atoms with Gasteiger partial charge in [-0.05, 0) is 42.8 Å². The third kappa shape index (κ3) is 4.23. The van der Waals surface area contributed by atoms with Gasteiger partial charge in [0.15, 0.2) is 0 Å². The van der Waals surface area contributed by atoms with Crippen molar-refractivity contribution in [1.29, 1.82) is 0 Å². The number of anilines is 2. The zero-order valence-corrected chi connectivity index (χ0v) is 13.8. The number of nitrogens with one attached hydrogen (secondary N) is 2. The number of amides is 2. The molecule has 0 aliphatic carbocycles. The molecular weight excluding hydrogens is 316 g/mol. The van der Waals surface area contributed by atoms with Gasteiger partial charge in [0.2, 0.25) is 5.91 Å². The first-order valence-corrected chi connectivity index (χ1v) is 7.31. The summed E-state index contributed by atoms with van der Waals surface area (Å²) in [6.45, 7) is 3.23. The summed E-state index contributed by atoms with van der Waals surface area (Å²) in [6.07, 6.45) is 0. The molecule has 2 aromatic rings. The van der Waals surface area contributed by atoms with Crippen molar-refractivity contribution in [2.75, 3.05) is 17.7 Å². The second-order valence-electron chi connectivity index (χ2n) is 5.02. The van der Waals surface area contributed by atoms with Crippen molar-refractivity contribution in [2.24, 2.45) is 0 Å². The lowest BCUT2D eigenvalue weighted by molar-refractivity contribution is -0.114. The quantitative estimate of drug-likeness (QED) is 0.893. The summed E-state index contributed by atoms with van der Waals surface area (Å²) < 4.78 is 5.13. The lowest BCUT2D eigenvalue weighted by atomic mass is 10.1. The van der Waals surface area contributed by atoms with Crippen LogP contribution in [0.1, 0.15) is 22.8 Å². The van der Waals surface area contributed by atoms with Gasteiger partial charge in [0.05, 0.1) is 12.1 Å². The first-order chi connectivity index (χ1) is 10.9. The molecule has 0 fully saturated rings. The van der Waals surface area contributed by atoms with Gasteiger partial charge in [-0.15, -0.1) is 0 Å². The van der Waals surface area contributed by atoms with Crippen LogP contribution in [0.25, 0.3) is 0 Å². The number of halogens is 1. The largest absolute Gasteiger partial charge is 0.495 e. The summed E-state index contributed by atoms with van der Waals surface area (Å²) in [4.78, 5) is 23.5. The Bertz CT molecular complexity index is 759. The zero-order chi connectivity index (χ0) is 17.0. The number of carbonyl (C=O) groups is 2. The Kier molecular flexibility index (Phi) is 5.24. The summed E-state index contributed by atoms with van der Waals surface area (Å²) >= 11 is 6.08. The summed E-state index contributed by atoms with van der Waals surface area (Å²) in [6, 6.07) is 10.2. The van der Waals surface area contributed by atoms with E-state index in [0.717, 1.165) is 5.56 Å². The molecule has 0 radical (unpaired) electrons. The lowest BCUT2D eigenvalue weighted by Crippen LogP contribution is -2.14. The van der Waals surface area contributed by atoms with Crippen LogP contribution in [0.15, 0.2) is 36.4 Å². The first kappa shape index (κ1) is 16.8. The highest BCUT2D eigenvalue weighted by Gasteiger charge is 2.13. The van der Waals surface area contributed by atoms with Gasteiger partial charge in [0.1, 0.15) is 5.75 Å². The van der Waals surface area contributed by atoms with Crippen LogP contribution >= 0.6 is 11.6 Å². The van der Waals surface area contributed by atoms with E-state index in [2.05, 4.69) is 10.6 Å². The molecule has 0 aliphatic rings. The maximum atomic E-state index is 12.4. The van der Waals surface area contributed by atoms with Gasteiger partial charge in [0.25, 0.3) is 5.91 Å². The molecule has 0 spiro atoms.